The lowest BCUT2D eigenvalue weighted by Crippen LogP contribution is -2.33. The highest BCUT2D eigenvalue weighted by atomic mass is 16.5. The molecule has 1 unspecified atom stereocenters. The van der Waals surface area contributed by atoms with Gasteiger partial charge in [-0.1, -0.05) is 63.4 Å². The summed E-state index contributed by atoms with van der Waals surface area (Å²) in [5.74, 6) is 3.00. The van der Waals surface area contributed by atoms with E-state index in [2.05, 4.69) is 66.2 Å². The van der Waals surface area contributed by atoms with E-state index in [0.29, 0.717) is 19.1 Å². The number of hydrogen-bond donors (Lipinski definition) is 1. The molecule has 1 aliphatic rings. The molecule has 1 aliphatic carbocycles. The molecular weight excluding hydrogens is 434 g/mol. The summed E-state index contributed by atoms with van der Waals surface area (Å²) in [4.78, 5) is 17.4. The van der Waals surface area contributed by atoms with E-state index in [1.807, 2.05) is 6.07 Å². The van der Waals surface area contributed by atoms with Crippen LogP contribution in [-0.4, -0.2) is 28.6 Å². The normalized spacial score (nSPS) is 15.3. The molecule has 1 fully saturated rings. The Morgan fingerprint density at radius 1 is 1.09 bits per heavy atom. The second-order valence-corrected chi connectivity index (χ2v) is 9.95. The highest BCUT2D eigenvalue weighted by Gasteiger charge is 2.21. The molecule has 2 aromatic carbocycles. The molecule has 0 saturated heterocycles. The van der Waals surface area contributed by atoms with Gasteiger partial charge >= 0.3 is 0 Å². The van der Waals surface area contributed by atoms with Gasteiger partial charge in [0.25, 0.3) is 0 Å². The minimum absolute atomic E-state index is 0.202. The Hall–Kier alpha value is -2.82. The van der Waals surface area contributed by atoms with Gasteiger partial charge in [-0.05, 0) is 61.8 Å². The van der Waals surface area contributed by atoms with Crippen LogP contribution in [0.15, 0.2) is 48.5 Å². The maximum Gasteiger partial charge on any atom is 0.223 e. The van der Waals surface area contributed by atoms with Crippen molar-refractivity contribution in [3.8, 4) is 5.75 Å². The van der Waals surface area contributed by atoms with Gasteiger partial charge in [0.15, 0.2) is 0 Å². The Morgan fingerprint density at radius 2 is 1.86 bits per heavy atom. The number of para-hydroxylation sites is 3. The maximum absolute atomic E-state index is 12.5. The van der Waals surface area contributed by atoms with Gasteiger partial charge in [0.05, 0.1) is 17.6 Å². The lowest BCUT2D eigenvalue weighted by molar-refractivity contribution is -0.125. The molecule has 1 saturated carbocycles. The van der Waals surface area contributed by atoms with Crippen molar-refractivity contribution < 1.29 is 9.53 Å². The molecule has 3 aromatic rings. The van der Waals surface area contributed by atoms with E-state index in [1.165, 1.54) is 30.3 Å². The number of rotatable bonds is 12. The molecule has 0 bridgehead atoms. The Balaban J connectivity index is 1.31. The van der Waals surface area contributed by atoms with Crippen molar-refractivity contribution in [2.75, 3.05) is 13.2 Å². The molecule has 188 valence electrons. The molecule has 0 aliphatic heterocycles. The van der Waals surface area contributed by atoms with Gasteiger partial charge in [-0.25, -0.2) is 4.98 Å². The summed E-state index contributed by atoms with van der Waals surface area (Å²) in [6.07, 6.45) is 9.57. The molecule has 5 heteroatoms. The summed E-state index contributed by atoms with van der Waals surface area (Å²) in [5, 5.41) is 3.17. The van der Waals surface area contributed by atoms with E-state index in [-0.39, 0.29) is 11.8 Å². The summed E-state index contributed by atoms with van der Waals surface area (Å²) in [7, 11) is 0. The number of nitrogens with one attached hydrogen (secondary N) is 1. The number of aryl methyl sites for hydroxylation is 1. The van der Waals surface area contributed by atoms with Crippen LogP contribution in [0.5, 0.6) is 5.75 Å². The first-order chi connectivity index (χ1) is 17.2. The van der Waals surface area contributed by atoms with Crippen LogP contribution < -0.4 is 10.1 Å². The molecule has 0 radical (unpaired) electrons. The van der Waals surface area contributed by atoms with Gasteiger partial charge in [0.1, 0.15) is 11.6 Å². The van der Waals surface area contributed by atoms with E-state index in [1.54, 1.807) is 0 Å². The van der Waals surface area contributed by atoms with Crippen molar-refractivity contribution in [1.82, 2.24) is 14.9 Å². The topological polar surface area (TPSA) is 56.1 Å². The van der Waals surface area contributed by atoms with Crippen LogP contribution >= 0.6 is 0 Å². The van der Waals surface area contributed by atoms with Gasteiger partial charge in [-0.3, -0.25) is 4.79 Å². The quantitative estimate of drug-likeness (QED) is 0.298. The van der Waals surface area contributed by atoms with Gasteiger partial charge in [-0.2, -0.15) is 0 Å². The molecule has 1 heterocycles. The number of nitrogens with zero attached hydrogens (tertiary/aromatic N) is 2. The van der Waals surface area contributed by atoms with Crippen LogP contribution in [-0.2, 0) is 17.8 Å². The first kappa shape index (κ1) is 25.3. The third-order valence-corrected chi connectivity index (χ3v) is 7.45. The molecule has 1 amide bonds. The van der Waals surface area contributed by atoms with E-state index < -0.39 is 0 Å². The van der Waals surface area contributed by atoms with Gasteiger partial charge in [0.2, 0.25) is 5.91 Å². The third kappa shape index (κ3) is 6.65. The SMILES string of the molecule is CCC(C)c1ccccc1OCCCCn1c(CCNC(=O)C2CCCCC2)nc2ccccc21. The number of carbonyl (C=O) groups is 1. The van der Waals surface area contributed by atoms with Gasteiger partial charge in [-0.15, -0.1) is 0 Å². The van der Waals surface area contributed by atoms with E-state index in [9.17, 15) is 4.79 Å². The molecular formula is C30H41N3O2. The van der Waals surface area contributed by atoms with Crippen LogP contribution in [0.3, 0.4) is 0 Å². The monoisotopic (exact) mass is 475 g/mol. The highest BCUT2D eigenvalue weighted by molar-refractivity contribution is 5.78. The van der Waals surface area contributed by atoms with Crippen molar-refractivity contribution in [2.24, 2.45) is 5.92 Å². The largest absolute Gasteiger partial charge is 0.493 e. The van der Waals surface area contributed by atoms with Crippen molar-refractivity contribution in [1.29, 1.82) is 0 Å². The average molecular weight is 476 g/mol. The number of ether oxygens (including phenoxy) is 1. The number of unbranched alkanes of at least 4 members (excludes halogenated alkanes) is 1. The van der Waals surface area contributed by atoms with E-state index in [4.69, 9.17) is 9.72 Å². The highest BCUT2D eigenvalue weighted by Crippen LogP contribution is 2.28. The zero-order valence-electron chi connectivity index (χ0n) is 21.5. The second-order valence-electron chi connectivity index (χ2n) is 9.95. The predicted molar refractivity (Wildman–Crippen MR) is 143 cm³/mol. The fourth-order valence-electron chi connectivity index (χ4n) is 5.17. The molecule has 1 N–H and O–H groups in total. The summed E-state index contributed by atoms with van der Waals surface area (Å²) < 4.78 is 8.50. The second kappa shape index (κ2) is 12.8. The van der Waals surface area contributed by atoms with Gasteiger partial charge < -0.3 is 14.6 Å². The third-order valence-electron chi connectivity index (χ3n) is 7.45. The van der Waals surface area contributed by atoms with E-state index >= 15 is 0 Å². The Bertz CT molecular complexity index is 1080. The van der Waals surface area contributed by atoms with Gasteiger partial charge in [0, 0.05) is 25.4 Å². The van der Waals surface area contributed by atoms with Crippen LogP contribution in [0.2, 0.25) is 0 Å². The first-order valence-corrected chi connectivity index (χ1v) is 13.6. The number of amides is 1. The predicted octanol–water partition coefficient (Wildman–Crippen LogP) is 6.65. The van der Waals surface area contributed by atoms with Crippen LogP contribution in [0, 0.1) is 5.92 Å². The summed E-state index contributed by atoms with van der Waals surface area (Å²) >= 11 is 0. The standard InChI is InChI=1S/C30H41N3O2/c1-3-23(2)25-15-7-10-18-28(25)35-22-12-11-21-33-27-17-9-8-16-26(27)32-29(33)19-20-31-30(34)24-13-5-4-6-14-24/h7-10,15-18,23-24H,3-6,11-14,19-22H2,1-2H3,(H,31,34). The zero-order chi connectivity index (χ0) is 24.5. The lowest BCUT2D eigenvalue weighted by Gasteiger charge is -2.20. The van der Waals surface area contributed by atoms with Crippen molar-refractivity contribution in [3.63, 3.8) is 0 Å². The molecule has 1 atom stereocenters. The smallest absolute Gasteiger partial charge is 0.223 e. The summed E-state index contributed by atoms with van der Waals surface area (Å²) in [6.45, 7) is 6.74. The van der Waals surface area contributed by atoms with Crippen molar-refractivity contribution in [3.05, 3.63) is 59.9 Å². The Labute approximate surface area is 210 Å². The minimum Gasteiger partial charge on any atom is -0.493 e. The van der Waals surface area contributed by atoms with Crippen molar-refractivity contribution in [2.45, 2.75) is 84.1 Å². The molecule has 4 rings (SSSR count). The number of hydrogen-bond acceptors (Lipinski definition) is 3. The summed E-state index contributed by atoms with van der Waals surface area (Å²) in [5.41, 5.74) is 3.50. The minimum atomic E-state index is 0.202. The fourth-order valence-corrected chi connectivity index (χ4v) is 5.17. The Kier molecular flexibility index (Phi) is 9.21. The lowest BCUT2D eigenvalue weighted by atomic mass is 9.89. The molecule has 35 heavy (non-hydrogen) atoms. The van der Waals surface area contributed by atoms with Crippen molar-refractivity contribution >= 4 is 16.9 Å². The number of aromatic nitrogens is 2. The Morgan fingerprint density at radius 3 is 2.69 bits per heavy atom. The number of benzene rings is 2. The van der Waals surface area contributed by atoms with Crippen LogP contribution in [0.4, 0.5) is 0 Å². The molecule has 1 aromatic heterocycles. The number of imidazole rings is 1. The number of carbonyl (C=O) groups excluding carboxylic acids is 1. The fraction of sp³-hybridized carbons (Fsp3) is 0.533. The van der Waals surface area contributed by atoms with Crippen LogP contribution in [0.1, 0.15) is 82.5 Å². The molecule has 0 spiro atoms. The summed E-state index contributed by atoms with van der Waals surface area (Å²) in [6, 6.07) is 16.7. The maximum atomic E-state index is 12.5. The zero-order valence-corrected chi connectivity index (χ0v) is 21.5. The average Bonchev–Trinajstić information content (AvgIpc) is 3.26. The first-order valence-electron chi connectivity index (χ1n) is 13.6. The van der Waals surface area contributed by atoms with E-state index in [0.717, 1.165) is 62.2 Å². The molecule has 5 nitrogen and oxygen atoms in total. The number of fused-ring (bicyclic) bond motifs is 1. The van der Waals surface area contributed by atoms with Crippen LogP contribution in [0.25, 0.3) is 11.0 Å².